The van der Waals surface area contributed by atoms with Crippen LogP contribution in [0, 0.1) is 13.8 Å². The summed E-state index contributed by atoms with van der Waals surface area (Å²) in [5.41, 5.74) is 5.04. The number of likely N-dealkylation sites (N-methyl/N-ethyl adjacent to an activating group) is 2. The fraction of sp³-hybridized carbons (Fsp3) is 0.414. The number of aryl methyl sites for hydroxylation is 2. The molecule has 9 heteroatoms. The standard InChI is InChI=1S/C29H37N7O2/c1-7-36-24-17-22(9-11-25(24)38-29(4,5)27(36)37)31-26-20(3)18-30-28(33-26)32-21-8-10-23(19(2)16-21)35-14-12-34(6)13-15-35/h8-11,16-18H,7,12-15H2,1-6H3,(H2,30,31,32,33). The molecule has 0 spiro atoms. The van der Waals surface area contributed by atoms with Crippen LogP contribution in [0.25, 0.3) is 0 Å². The minimum Gasteiger partial charge on any atom is -0.476 e. The summed E-state index contributed by atoms with van der Waals surface area (Å²) in [5, 5.41) is 6.75. The van der Waals surface area contributed by atoms with E-state index in [0.29, 0.717) is 24.1 Å². The quantitative estimate of drug-likeness (QED) is 0.482. The van der Waals surface area contributed by atoms with Crippen LogP contribution in [0.1, 0.15) is 31.9 Å². The van der Waals surface area contributed by atoms with E-state index in [2.05, 4.69) is 57.6 Å². The number of carbonyl (C=O) groups is 1. The molecular weight excluding hydrogens is 478 g/mol. The molecule has 1 saturated heterocycles. The monoisotopic (exact) mass is 515 g/mol. The molecule has 1 fully saturated rings. The molecule has 200 valence electrons. The zero-order valence-corrected chi connectivity index (χ0v) is 23.1. The average molecular weight is 516 g/mol. The van der Waals surface area contributed by atoms with E-state index in [1.54, 1.807) is 24.9 Å². The number of carbonyl (C=O) groups excluding carboxylic acids is 1. The third-order valence-electron chi connectivity index (χ3n) is 7.22. The first-order valence-electron chi connectivity index (χ1n) is 13.2. The summed E-state index contributed by atoms with van der Waals surface area (Å²) in [6.45, 7) is 14.5. The lowest BCUT2D eigenvalue weighted by molar-refractivity contribution is -0.132. The van der Waals surface area contributed by atoms with Gasteiger partial charge in [-0.25, -0.2) is 4.98 Å². The van der Waals surface area contributed by atoms with Crippen LogP contribution >= 0.6 is 0 Å². The lowest BCUT2D eigenvalue weighted by Crippen LogP contribution is -2.52. The first-order valence-corrected chi connectivity index (χ1v) is 13.2. The van der Waals surface area contributed by atoms with E-state index in [1.807, 2.05) is 32.0 Å². The van der Waals surface area contributed by atoms with Gasteiger partial charge in [0.15, 0.2) is 5.60 Å². The lowest BCUT2D eigenvalue weighted by atomic mass is 10.0. The van der Waals surface area contributed by atoms with Gasteiger partial charge in [0.25, 0.3) is 5.91 Å². The van der Waals surface area contributed by atoms with E-state index < -0.39 is 5.60 Å². The van der Waals surface area contributed by atoms with Gasteiger partial charge >= 0.3 is 0 Å². The van der Waals surface area contributed by atoms with Crippen LogP contribution in [0.2, 0.25) is 0 Å². The fourth-order valence-electron chi connectivity index (χ4n) is 4.99. The number of piperazine rings is 1. The summed E-state index contributed by atoms with van der Waals surface area (Å²) in [4.78, 5) is 28.7. The number of hydrogen-bond acceptors (Lipinski definition) is 8. The van der Waals surface area contributed by atoms with E-state index in [9.17, 15) is 4.79 Å². The van der Waals surface area contributed by atoms with Crippen LogP contribution < -0.4 is 25.2 Å². The van der Waals surface area contributed by atoms with Crippen molar-refractivity contribution in [3.63, 3.8) is 0 Å². The van der Waals surface area contributed by atoms with Crippen molar-refractivity contribution >= 4 is 40.4 Å². The molecule has 2 aromatic carbocycles. The Hall–Kier alpha value is -3.85. The summed E-state index contributed by atoms with van der Waals surface area (Å²) in [7, 11) is 2.17. The Kier molecular flexibility index (Phi) is 6.88. The molecule has 5 rings (SSSR count). The summed E-state index contributed by atoms with van der Waals surface area (Å²) in [6, 6.07) is 12.2. The zero-order chi connectivity index (χ0) is 27.0. The number of hydrogen-bond donors (Lipinski definition) is 2. The summed E-state index contributed by atoms with van der Waals surface area (Å²) < 4.78 is 5.98. The number of nitrogens with zero attached hydrogens (tertiary/aromatic N) is 5. The van der Waals surface area contributed by atoms with Gasteiger partial charge in [-0.3, -0.25) is 4.79 Å². The molecule has 0 radical (unpaired) electrons. The molecule has 3 heterocycles. The number of amides is 1. The second-order valence-corrected chi connectivity index (χ2v) is 10.6. The number of benzene rings is 2. The molecule has 0 bridgehead atoms. The Morgan fingerprint density at radius 1 is 0.947 bits per heavy atom. The molecular formula is C29H37N7O2. The Morgan fingerprint density at radius 3 is 2.37 bits per heavy atom. The van der Waals surface area contributed by atoms with Gasteiger partial charge in [0.05, 0.1) is 5.69 Å². The molecule has 1 amide bonds. The molecule has 1 aromatic heterocycles. The van der Waals surface area contributed by atoms with Gasteiger partial charge in [0.2, 0.25) is 5.95 Å². The molecule has 0 aliphatic carbocycles. The SMILES string of the molecule is CCN1C(=O)C(C)(C)Oc2ccc(Nc3nc(Nc4ccc(N5CCN(C)CC5)c(C)c4)ncc3C)cc21. The molecule has 0 saturated carbocycles. The number of anilines is 6. The fourth-order valence-corrected chi connectivity index (χ4v) is 4.99. The maximum Gasteiger partial charge on any atom is 0.270 e. The molecule has 3 aromatic rings. The van der Waals surface area contributed by atoms with E-state index >= 15 is 0 Å². The number of fused-ring (bicyclic) bond motifs is 1. The summed E-state index contributed by atoms with van der Waals surface area (Å²) in [5.74, 6) is 1.85. The van der Waals surface area contributed by atoms with Crippen LogP contribution in [0.3, 0.4) is 0 Å². The van der Waals surface area contributed by atoms with Gasteiger partial charge < -0.3 is 30.1 Å². The van der Waals surface area contributed by atoms with Crippen LogP contribution in [0.4, 0.5) is 34.5 Å². The average Bonchev–Trinajstić information content (AvgIpc) is 2.88. The Morgan fingerprint density at radius 2 is 1.66 bits per heavy atom. The van der Waals surface area contributed by atoms with Crippen LogP contribution in [-0.2, 0) is 4.79 Å². The van der Waals surface area contributed by atoms with Gasteiger partial charge in [-0.1, -0.05) is 0 Å². The van der Waals surface area contributed by atoms with Crippen molar-refractivity contribution in [1.82, 2.24) is 14.9 Å². The number of ether oxygens (including phenoxy) is 1. The molecule has 2 aliphatic rings. The molecule has 9 nitrogen and oxygen atoms in total. The van der Waals surface area contributed by atoms with E-state index in [-0.39, 0.29) is 5.91 Å². The molecule has 2 aliphatic heterocycles. The Balaban J connectivity index is 1.33. The normalized spacial score (nSPS) is 17.2. The second-order valence-electron chi connectivity index (χ2n) is 10.6. The second kappa shape index (κ2) is 10.1. The van der Waals surface area contributed by atoms with Crippen molar-refractivity contribution in [2.75, 3.05) is 60.2 Å². The van der Waals surface area contributed by atoms with Gasteiger partial charge in [0, 0.05) is 61.5 Å². The highest BCUT2D eigenvalue weighted by Gasteiger charge is 2.40. The molecule has 38 heavy (non-hydrogen) atoms. The van der Waals surface area contributed by atoms with Crippen LogP contribution in [0.5, 0.6) is 5.75 Å². The topological polar surface area (TPSA) is 85.9 Å². The predicted molar refractivity (Wildman–Crippen MR) is 153 cm³/mol. The first-order chi connectivity index (χ1) is 18.1. The van der Waals surface area contributed by atoms with Gasteiger partial charge in [0.1, 0.15) is 11.6 Å². The van der Waals surface area contributed by atoms with Gasteiger partial charge in [-0.15, -0.1) is 0 Å². The maximum atomic E-state index is 12.9. The minimum absolute atomic E-state index is 0.0525. The zero-order valence-electron chi connectivity index (χ0n) is 23.1. The summed E-state index contributed by atoms with van der Waals surface area (Å²) in [6.07, 6.45) is 1.80. The largest absolute Gasteiger partial charge is 0.476 e. The van der Waals surface area contributed by atoms with Crippen LogP contribution in [-0.4, -0.2) is 66.1 Å². The van der Waals surface area contributed by atoms with Crippen molar-refractivity contribution in [3.05, 3.63) is 53.7 Å². The van der Waals surface area contributed by atoms with Crippen molar-refractivity contribution in [2.45, 2.75) is 40.2 Å². The van der Waals surface area contributed by atoms with E-state index in [4.69, 9.17) is 9.72 Å². The Labute approximate surface area is 224 Å². The van der Waals surface area contributed by atoms with Crippen molar-refractivity contribution in [3.8, 4) is 5.75 Å². The maximum absolute atomic E-state index is 12.9. The third kappa shape index (κ3) is 5.11. The highest BCUT2D eigenvalue weighted by molar-refractivity contribution is 6.02. The predicted octanol–water partition coefficient (Wildman–Crippen LogP) is 4.86. The minimum atomic E-state index is -0.886. The number of nitrogens with one attached hydrogen (secondary N) is 2. The van der Waals surface area contributed by atoms with Gasteiger partial charge in [-0.2, -0.15) is 4.98 Å². The van der Waals surface area contributed by atoms with Gasteiger partial charge in [-0.05, 0) is 83.6 Å². The summed E-state index contributed by atoms with van der Waals surface area (Å²) >= 11 is 0. The van der Waals surface area contributed by atoms with Crippen molar-refractivity contribution in [1.29, 1.82) is 0 Å². The number of rotatable bonds is 6. The first kappa shape index (κ1) is 25.8. The number of aromatic nitrogens is 2. The van der Waals surface area contributed by atoms with E-state index in [0.717, 1.165) is 48.8 Å². The van der Waals surface area contributed by atoms with Crippen molar-refractivity contribution in [2.24, 2.45) is 0 Å². The lowest BCUT2D eigenvalue weighted by Gasteiger charge is -2.38. The smallest absolute Gasteiger partial charge is 0.270 e. The Bertz CT molecular complexity index is 1350. The molecule has 2 N–H and O–H groups in total. The van der Waals surface area contributed by atoms with Crippen molar-refractivity contribution < 1.29 is 9.53 Å². The van der Waals surface area contributed by atoms with Crippen LogP contribution in [0.15, 0.2) is 42.6 Å². The molecule has 0 unspecified atom stereocenters. The highest BCUT2D eigenvalue weighted by atomic mass is 16.5. The third-order valence-corrected chi connectivity index (χ3v) is 7.22. The van der Waals surface area contributed by atoms with E-state index in [1.165, 1.54) is 11.3 Å². The highest BCUT2D eigenvalue weighted by Crippen LogP contribution is 2.40. The molecule has 0 atom stereocenters.